The zero-order valence-electron chi connectivity index (χ0n) is 14.5. The number of aryl methyl sites for hydroxylation is 1. The van der Waals surface area contributed by atoms with Crippen LogP contribution >= 0.6 is 0 Å². The smallest absolute Gasteiger partial charge is 0.274 e. The van der Waals surface area contributed by atoms with Gasteiger partial charge in [-0.1, -0.05) is 18.2 Å². The van der Waals surface area contributed by atoms with Crippen molar-refractivity contribution in [1.82, 2.24) is 24.3 Å². The van der Waals surface area contributed by atoms with Gasteiger partial charge in [-0.05, 0) is 44.0 Å². The fourth-order valence-electron chi connectivity index (χ4n) is 3.82. The number of rotatable bonds is 2. The summed E-state index contributed by atoms with van der Waals surface area (Å²) in [6.07, 6.45) is 3.72. The van der Waals surface area contributed by atoms with Crippen molar-refractivity contribution >= 4 is 22.6 Å². The molecule has 1 aliphatic rings. The number of nitrogens with zero attached hydrogens (tertiary/aromatic N) is 4. The average Bonchev–Trinajstić information content (AvgIpc) is 3.37. The van der Waals surface area contributed by atoms with Crippen molar-refractivity contribution < 1.29 is 4.79 Å². The maximum atomic E-state index is 13.1. The lowest BCUT2D eigenvalue weighted by Gasteiger charge is -2.22. The fraction of sp³-hybridized carbons (Fsp3) is 0.250. The molecule has 1 N–H and O–H groups in total. The van der Waals surface area contributed by atoms with Crippen LogP contribution in [0.1, 0.15) is 40.9 Å². The Hall–Kier alpha value is -3.15. The summed E-state index contributed by atoms with van der Waals surface area (Å²) in [5, 5.41) is 0. The fourth-order valence-corrected chi connectivity index (χ4v) is 3.82. The Labute approximate surface area is 150 Å². The third-order valence-corrected chi connectivity index (χ3v) is 5.15. The van der Waals surface area contributed by atoms with Gasteiger partial charge in [0, 0.05) is 18.4 Å². The van der Waals surface area contributed by atoms with E-state index in [1.165, 1.54) is 0 Å². The van der Waals surface area contributed by atoms with Crippen LogP contribution in [0.5, 0.6) is 0 Å². The standard InChI is InChI=1S/C20H19N5O/c1-13-6-4-10-18-21-16(12-25(13)18)20(26)24-11-5-9-17(24)19-22-14-7-2-3-8-15(14)23-19/h2-4,6-8,10,12,17H,5,9,11H2,1H3,(H,22,23). The van der Waals surface area contributed by atoms with Crippen LogP contribution < -0.4 is 0 Å². The Morgan fingerprint density at radius 2 is 2.04 bits per heavy atom. The van der Waals surface area contributed by atoms with Gasteiger partial charge in [-0.3, -0.25) is 4.79 Å². The third kappa shape index (κ3) is 2.29. The molecular formula is C20H19N5O. The van der Waals surface area contributed by atoms with Crippen LogP contribution in [0.2, 0.25) is 0 Å². The monoisotopic (exact) mass is 345 g/mol. The summed E-state index contributed by atoms with van der Waals surface area (Å²) in [4.78, 5) is 27.6. The Morgan fingerprint density at radius 3 is 2.88 bits per heavy atom. The molecule has 26 heavy (non-hydrogen) atoms. The van der Waals surface area contributed by atoms with Gasteiger partial charge in [0.15, 0.2) is 0 Å². The molecule has 1 aliphatic heterocycles. The van der Waals surface area contributed by atoms with Crippen LogP contribution in [0.3, 0.4) is 0 Å². The largest absolute Gasteiger partial charge is 0.340 e. The molecule has 0 spiro atoms. The number of hydrogen-bond donors (Lipinski definition) is 1. The number of aromatic amines is 1. The number of amides is 1. The highest BCUT2D eigenvalue weighted by Crippen LogP contribution is 2.32. The normalized spacial score (nSPS) is 17.4. The Kier molecular flexibility index (Phi) is 3.31. The molecule has 1 saturated heterocycles. The highest BCUT2D eigenvalue weighted by molar-refractivity contribution is 5.93. The minimum atomic E-state index is -0.0314. The molecule has 4 aromatic rings. The highest BCUT2D eigenvalue weighted by Gasteiger charge is 2.33. The molecule has 130 valence electrons. The van der Waals surface area contributed by atoms with Crippen molar-refractivity contribution in [3.8, 4) is 0 Å². The average molecular weight is 345 g/mol. The Bertz CT molecular complexity index is 1090. The number of likely N-dealkylation sites (tertiary alicyclic amines) is 1. The van der Waals surface area contributed by atoms with Crippen LogP contribution in [0.15, 0.2) is 48.7 Å². The maximum absolute atomic E-state index is 13.1. The van der Waals surface area contributed by atoms with Crippen LogP contribution in [-0.4, -0.2) is 36.7 Å². The molecule has 5 rings (SSSR count). The van der Waals surface area contributed by atoms with Crippen LogP contribution in [-0.2, 0) is 0 Å². The van der Waals surface area contributed by atoms with Crippen molar-refractivity contribution in [2.75, 3.05) is 6.54 Å². The van der Waals surface area contributed by atoms with Crippen molar-refractivity contribution in [2.45, 2.75) is 25.8 Å². The van der Waals surface area contributed by atoms with E-state index in [2.05, 4.69) is 9.97 Å². The van der Waals surface area contributed by atoms with E-state index < -0.39 is 0 Å². The summed E-state index contributed by atoms with van der Waals surface area (Å²) < 4.78 is 1.96. The summed E-state index contributed by atoms with van der Waals surface area (Å²) in [5.74, 6) is 0.827. The molecule has 3 aromatic heterocycles. The number of nitrogens with one attached hydrogen (secondary N) is 1. The van der Waals surface area contributed by atoms with Gasteiger partial charge in [0.05, 0.1) is 17.1 Å². The second kappa shape index (κ2) is 5.69. The van der Waals surface area contributed by atoms with Gasteiger partial charge < -0.3 is 14.3 Å². The second-order valence-corrected chi connectivity index (χ2v) is 6.82. The molecule has 0 saturated carbocycles. The molecule has 0 bridgehead atoms. The number of carbonyl (C=O) groups excluding carboxylic acids is 1. The van der Waals surface area contributed by atoms with Gasteiger partial charge >= 0.3 is 0 Å². The lowest BCUT2D eigenvalue weighted by molar-refractivity contribution is 0.0725. The third-order valence-electron chi connectivity index (χ3n) is 5.15. The SMILES string of the molecule is Cc1cccc2nc(C(=O)N3CCCC3c3nc4ccccc4[nH]3)cn12. The molecule has 6 heteroatoms. The lowest BCUT2D eigenvalue weighted by atomic mass is 10.2. The van der Waals surface area contributed by atoms with E-state index in [1.54, 1.807) is 0 Å². The van der Waals surface area contributed by atoms with Gasteiger partial charge in [-0.2, -0.15) is 0 Å². The number of hydrogen-bond acceptors (Lipinski definition) is 3. The minimum Gasteiger partial charge on any atom is -0.340 e. The Balaban J connectivity index is 1.51. The first kappa shape index (κ1) is 15.1. The molecule has 0 aliphatic carbocycles. The molecule has 1 aromatic carbocycles. The van der Waals surface area contributed by atoms with Gasteiger partial charge in [0.2, 0.25) is 0 Å². The number of aromatic nitrogens is 4. The van der Waals surface area contributed by atoms with Gasteiger partial charge in [-0.25, -0.2) is 9.97 Å². The van der Waals surface area contributed by atoms with E-state index in [0.717, 1.165) is 47.6 Å². The van der Waals surface area contributed by atoms with E-state index >= 15 is 0 Å². The summed E-state index contributed by atoms with van der Waals surface area (Å²) >= 11 is 0. The Morgan fingerprint density at radius 1 is 1.15 bits per heavy atom. The second-order valence-electron chi connectivity index (χ2n) is 6.82. The van der Waals surface area contributed by atoms with E-state index in [0.29, 0.717) is 5.69 Å². The lowest BCUT2D eigenvalue weighted by Crippen LogP contribution is -2.31. The number of pyridine rings is 1. The predicted octanol–water partition coefficient (Wildman–Crippen LogP) is 3.50. The molecule has 0 radical (unpaired) electrons. The maximum Gasteiger partial charge on any atom is 0.274 e. The minimum absolute atomic E-state index is 0.0270. The van der Waals surface area contributed by atoms with Crippen molar-refractivity contribution in [1.29, 1.82) is 0 Å². The van der Waals surface area contributed by atoms with Gasteiger partial charge in [0.1, 0.15) is 17.2 Å². The molecule has 1 fully saturated rings. The number of imidazole rings is 2. The van der Waals surface area contributed by atoms with Crippen LogP contribution in [0, 0.1) is 6.92 Å². The van der Waals surface area contributed by atoms with Gasteiger partial charge in [0.25, 0.3) is 5.91 Å². The predicted molar refractivity (Wildman–Crippen MR) is 99.0 cm³/mol. The number of fused-ring (bicyclic) bond motifs is 2. The summed E-state index contributed by atoms with van der Waals surface area (Å²) in [6.45, 7) is 2.74. The van der Waals surface area contributed by atoms with E-state index in [4.69, 9.17) is 4.98 Å². The quantitative estimate of drug-likeness (QED) is 0.605. The van der Waals surface area contributed by atoms with E-state index in [-0.39, 0.29) is 11.9 Å². The van der Waals surface area contributed by atoms with Crippen LogP contribution in [0.25, 0.3) is 16.7 Å². The van der Waals surface area contributed by atoms with Crippen LogP contribution in [0.4, 0.5) is 0 Å². The topological polar surface area (TPSA) is 66.3 Å². The van der Waals surface area contributed by atoms with Crippen molar-refractivity contribution in [3.63, 3.8) is 0 Å². The van der Waals surface area contributed by atoms with Crippen molar-refractivity contribution in [3.05, 3.63) is 65.9 Å². The summed E-state index contributed by atoms with van der Waals surface area (Å²) in [5.41, 5.74) is 4.29. The first-order valence-corrected chi connectivity index (χ1v) is 8.91. The molecular weight excluding hydrogens is 326 g/mol. The first-order valence-electron chi connectivity index (χ1n) is 8.91. The molecule has 6 nitrogen and oxygen atoms in total. The first-order chi connectivity index (χ1) is 12.7. The number of benzene rings is 1. The number of carbonyl (C=O) groups is 1. The molecule has 1 amide bonds. The summed E-state index contributed by atoms with van der Waals surface area (Å²) in [7, 11) is 0. The highest BCUT2D eigenvalue weighted by atomic mass is 16.2. The van der Waals surface area contributed by atoms with E-state index in [9.17, 15) is 4.79 Å². The molecule has 1 atom stereocenters. The zero-order chi connectivity index (χ0) is 17.7. The number of H-pyrrole nitrogens is 1. The van der Waals surface area contributed by atoms with Crippen molar-refractivity contribution in [2.24, 2.45) is 0 Å². The van der Waals surface area contributed by atoms with Gasteiger partial charge in [-0.15, -0.1) is 0 Å². The molecule has 1 unspecified atom stereocenters. The zero-order valence-corrected chi connectivity index (χ0v) is 14.5. The van der Waals surface area contributed by atoms with E-state index in [1.807, 2.05) is 64.9 Å². The number of para-hydroxylation sites is 2. The molecule has 4 heterocycles. The summed E-state index contributed by atoms with van der Waals surface area (Å²) in [6, 6.07) is 13.8.